The van der Waals surface area contributed by atoms with E-state index in [4.69, 9.17) is 24.4 Å². The number of halogens is 1. The third-order valence-corrected chi connectivity index (χ3v) is 9.96. The molecule has 0 unspecified atom stereocenters. The lowest BCUT2D eigenvalue weighted by molar-refractivity contribution is -0.133. The van der Waals surface area contributed by atoms with Crippen molar-refractivity contribution in [3.63, 3.8) is 0 Å². The van der Waals surface area contributed by atoms with E-state index in [-0.39, 0.29) is 18.1 Å². The number of carbonyl (C=O) groups is 1. The Labute approximate surface area is 286 Å². The molecule has 6 aromatic rings. The zero-order chi connectivity index (χ0) is 33.9. The number of methoxy groups -OCH3 is 1. The molecule has 1 N–H and O–H groups in total. The summed E-state index contributed by atoms with van der Waals surface area (Å²) >= 11 is 0. The number of amides is 1. The average Bonchev–Trinajstić information content (AvgIpc) is 3.78. The molecule has 0 radical (unpaired) electrons. The van der Waals surface area contributed by atoms with E-state index in [1.54, 1.807) is 16.9 Å². The van der Waals surface area contributed by atoms with Crippen molar-refractivity contribution < 1.29 is 18.7 Å². The number of pyridine rings is 1. The highest BCUT2D eigenvalue weighted by Crippen LogP contribution is 2.35. The van der Waals surface area contributed by atoms with Crippen molar-refractivity contribution in [3.05, 3.63) is 78.8 Å². The smallest absolute Gasteiger partial charge is 0.245 e. The van der Waals surface area contributed by atoms with Crippen LogP contribution in [0.3, 0.4) is 0 Å². The number of ether oxygens (including phenoxy) is 2. The predicted molar refractivity (Wildman–Crippen MR) is 185 cm³/mol. The molecule has 0 saturated carbocycles. The summed E-state index contributed by atoms with van der Waals surface area (Å²) in [5.41, 5.74) is 4.80. The second-order valence-corrected chi connectivity index (χ2v) is 13.0. The van der Waals surface area contributed by atoms with E-state index >= 15 is 0 Å². The monoisotopic (exact) mass is 674 g/mol. The van der Waals surface area contributed by atoms with Crippen LogP contribution in [0.4, 0.5) is 16.0 Å². The first-order valence-electron chi connectivity index (χ1n) is 16.8. The Bertz CT molecular complexity index is 2270. The predicted octanol–water partition coefficient (Wildman–Crippen LogP) is 4.37. The summed E-state index contributed by atoms with van der Waals surface area (Å²) in [6, 6.07) is 15.8. The van der Waals surface area contributed by atoms with E-state index in [9.17, 15) is 9.18 Å². The fourth-order valence-corrected chi connectivity index (χ4v) is 7.70. The molecule has 13 nitrogen and oxygen atoms in total. The number of imidazole rings is 1. The molecule has 6 bridgehead atoms. The lowest BCUT2D eigenvalue weighted by atomic mass is 10.1. The SMILES string of the molecule is COc1cc(F)ccc1-n1ncc2c(N3C[C@@H]4C[C@H]3C(=O)N3CCCO[C@H](C3)Cn3c(C)nc5cccc(c53)-c3cccc(n3)N4)ncnc21. The highest BCUT2D eigenvalue weighted by Gasteiger charge is 2.42. The molecule has 4 aromatic heterocycles. The number of nitrogens with one attached hydrogen (secondary N) is 1. The van der Waals surface area contributed by atoms with Gasteiger partial charge in [-0.05, 0) is 50.1 Å². The molecule has 1 amide bonds. The third kappa shape index (κ3) is 5.09. The Morgan fingerprint density at radius 3 is 2.84 bits per heavy atom. The van der Waals surface area contributed by atoms with Gasteiger partial charge in [-0.25, -0.2) is 29.0 Å². The fourth-order valence-electron chi connectivity index (χ4n) is 7.70. The summed E-state index contributed by atoms with van der Waals surface area (Å²) in [6.45, 7) is 4.67. The Balaban J connectivity index is 1.15. The van der Waals surface area contributed by atoms with Crippen LogP contribution in [0.2, 0.25) is 0 Å². The van der Waals surface area contributed by atoms with Gasteiger partial charge in [0.1, 0.15) is 47.1 Å². The second-order valence-electron chi connectivity index (χ2n) is 13.0. The normalized spacial score (nSPS) is 20.8. The summed E-state index contributed by atoms with van der Waals surface area (Å²) in [7, 11) is 1.49. The minimum atomic E-state index is -0.514. The molecule has 3 aliphatic heterocycles. The quantitative estimate of drug-likeness (QED) is 0.289. The number of anilines is 2. The Hall–Kier alpha value is -5.63. The van der Waals surface area contributed by atoms with Gasteiger partial charge < -0.3 is 29.2 Å². The van der Waals surface area contributed by atoms with Crippen LogP contribution < -0.4 is 15.0 Å². The minimum Gasteiger partial charge on any atom is -0.494 e. The summed E-state index contributed by atoms with van der Waals surface area (Å²) in [6.07, 6.45) is 4.22. The molecule has 14 heteroatoms. The maximum absolute atomic E-state index is 14.7. The first-order chi connectivity index (χ1) is 24.4. The number of benzene rings is 2. The second kappa shape index (κ2) is 12.1. The van der Waals surface area contributed by atoms with Crippen LogP contribution >= 0.6 is 0 Å². The van der Waals surface area contributed by atoms with Crippen molar-refractivity contribution in [2.75, 3.05) is 43.6 Å². The van der Waals surface area contributed by atoms with E-state index in [0.29, 0.717) is 67.5 Å². The van der Waals surface area contributed by atoms with Gasteiger partial charge in [-0.15, -0.1) is 0 Å². The van der Waals surface area contributed by atoms with Crippen LogP contribution in [-0.2, 0) is 16.1 Å². The molecular weight excluding hydrogens is 639 g/mol. The number of para-hydroxylation sites is 1. The van der Waals surface area contributed by atoms with E-state index < -0.39 is 11.9 Å². The Morgan fingerprint density at radius 1 is 1.04 bits per heavy atom. The van der Waals surface area contributed by atoms with Gasteiger partial charge in [0.15, 0.2) is 5.65 Å². The summed E-state index contributed by atoms with van der Waals surface area (Å²) in [5, 5.41) is 8.93. The van der Waals surface area contributed by atoms with E-state index in [2.05, 4.69) is 30.9 Å². The molecule has 2 fully saturated rings. The van der Waals surface area contributed by atoms with Crippen molar-refractivity contribution in [2.24, 2.45) is 0 Å². The van der Waals surface area contributed by atoms with Gasteiger partial charge in [-0.3, -0.25) is 4.79 Å². The van der Waals surface area contributed by atoms with Crippen molar-refractivity contribution in [1.82, 2.24) is 39.2 Å². The van der Waals surface area contributed by atoms with Gasteiger partial charge in [0.25, 0.3) is 0 Å². The van der Waals surface area contributed by atoms with Gasteiger partial charge in [-0.2, -0.15) is 5.10 Å². The number of rotatable bonds is 3. The molecular formula is C36H35FN10O3. The maximum Gasteiger partial charge on any atom is 0.245 e. The van der Waals surface area contributed by atoms with Gasteiger partial charge in [0, 0.05) is 43.9 Å². The number of hydrogen-bond acceptors (Lipinski definition) is 10. The Kier molecular flexibility index (Phi) is 7.34. The molecule has 0 aliphatic carbocycles. The van der Waals surface area contributed by atoms with Crippen molar-refractivity contribution in [1.29, 1.82) is 0 Å². The third-order valence-electron chi connectivity index (χ3n) is 9.96. The zero-order valence-electron chi connectivity index (χ0n) is 27.7. The van der Waals surface area contributed by atoms with Gasteiger partial charge in [-0.1, -0.05) is 18.2 Å². The van der Waals surface area contributed by atoms with E-state index in [0.717, 1.165) is 40.4 Å². The molecule has 3 atom stereocenters. The molecule has 254 valence electrons. The number of carbonyl (C=O) groups excluding carboxylic acids is 1. The zero-order valence-corrected chi connectivity index (χ0v) is 27.7. The van der Waals surface area contributed by atoms with E-state index in [1.165, 1.54) is 25.6 Å². The number of nitrogens with zero attached hydrogens (tertiary/aromatic N) is 9. The van der Waals surface area contributed by atoms with Gasteiger partial charge in [0.2, 0.25) is 5.91 Å². The van der Waals surface area contributed by atoms with Crippen LogP contribution in [0.5, 0.6) is 5.75 Å². The number of aryl methyl sites for hydroxylation is 1. The lowest BCUT2D eigenvalue weighted by Gasteiger charge is -2.31. The van der Waals surface area contributed by atoms with Crippen LogP contribution in [0.1, 0.15) is 18.7 Å². The highest BCUT2D eigenvalue weighted by atomic mass is 19.1. The molecule has 50 heavy (non-hydrogen) atoms. The van der Waals surface area contributed by atoms with Crippen molar-refractivity contribution in [2.45, 2.75) is 44.5 Å². The molecule has 2 saturated heterocycles. The molecule has 2 aromatic carbocycles. The first-order valence-corrected chi connectivity index (χ1v) is 16.8. The average molecular weight is 675 g/mol. The van der Waals surface area contributed by atoms with Crippen LogP contribution in [-0.4, -0.2) is 96.6 Å². The van der Waals surface area contributed by atoms with Crippen molar-refractivity contribution in [3.8, 4) is 22.7 Å². The highest BCUT2D eigenvalue weighted by molar-refractivity contribution is 5.94. The summed E-state index contributed by atoms with van der Waals surface area (Å²) < 4.78 is 29.7. The van der Waals surface area contributed by atoms with Crippen molar-refractivity contribution >= 4 is 39.6 Å². The molecule has 3 aliphatic rings. The lowest BCUT2D eigenvalue weighted by Crippen LogP contribution is -2.48. The summed E-state index contributed by atoms with van der Waals surface area (Å²) in [5.74, 6) is 2.13. The summed E-state index contributed by atoms with van der Waals surface area (Å²) in [4.78, 5) is 38.0. The molecule has 9 rings (SSSR count). The maximum atomic E-state index is 14.7. The van der Waals surface area contributed by atoms with Gasteiger partial charge in [0.05, 0.1) is 48.1 Å². The van der Waals surface area contributed by atoms with Gasteiger partial charge >= 0.3 is 0 Å². The number of fused-ring (bicyclic) bond motifs is 8. The van der Waals surface area contributed by atoms with Crippen LogP contribution in [0, 0.1) is 12.7 Å². The molecule has 0 spiro atoms. The number of hydrogen-bond donors (Lipinski definition) is 1. The standard InChI is InChI=1S/C36H35FN10O3/c1-21-41-28-8-3-6-25-27-7-4-9-32(43-27)42-23-15-30(36(48)44-12-5-13-50-24(18-44)19-45(21)33(25)28)46(17-23)34-26-16-40-47(35(26)39-20-38-34)29-11-10-22(37)14-31(29)49-2/h3-4,6-11,14,16,20,23-24,30H,5,12-13,15,17-19H2,1-2H3,(H,42,43)/t23-,24+,30-/m0/s1. The largest absolute Gasteiger partial charge is 0.494 e. The first kappa shape index (κ1) is 30.4. The Morgan fingerprint density at radius 2 is 1.94 bits per heavy atom. The van der Waals surface area contributed by atoms with Crippen LogP contribution in [0.15, 0.2) is 67.1 Å². The molecule has 7 heterocycles. The van der Waals surface area contributed by atoms with Crippen LogP contribution in [0.25, 0.3) is 39.0 Å². The fraction of sp³-hybridized carbons (Fsp3) is 0.333. The minimum absolute atomic E-state index is 0.0219. The van der Waals surface area contributed by atoms with E-state index in [1.807, 2.05) is 42.2 Å². The number of aromatic nitrogens is 7. The topological polar surface area (TPSA) is 128 Å².